The van der Waals surface area contributed by atoms with E-state index in [0.717, 1.165) is 0 Å². The van der Waals surface area contributed by atoms with Gasteiger partial charge in [-0.3, -0.25) is 13.9 Å². The number of hydrogen-bond acceptors (Lipinski definition) is 4. The van der Waals surface area contributed by atoms with Crippen LogP contribution in [0.3, 0.4) is 0 Å². The molecule has 1 aromatic rings. The van der Waals surface area contributed by atoms with Crippen LogP contribution in [0.25, 0.3) is 0 Å². The first-order valence-corrected chi connectivity index (χ1v) is 9.39. The zero-order valence-corrected chi connectivity index (χ0v) is 14.3. The summed E-state index contributed by atoms with van der Waals surface area (Å²) in [6.07, 6.45) is 0.579. The molecule has 2 fully saturated rings. The molecule has 1 saturated heterocycles. The lowest BCUT2D eigenvalue weighted by molar-refractivity contribution is -0.140. The molecule has 0 bridgehead atoms. The third kappa shape index (κ3) is 2.75. The van der Waals surface area contributed by atoms with Gasteiger partial charge in [-0.05, 0) is 30.0 Å². The SMILES string of the molecule is CC1(C)C(C(=O)O)C1C(=O)Nc1cccc(N2CCCS2(=O)=O)c1. The van der Waals surface area contributed by atoms with Crippen molar-refractivity contribution >= 4 is 33.3 Å². The minimum absolute atomic E-state index is 0.125. The Labute approximate surface area is 140 Å². The standard InChI is InChI=1S/C16H20N2O5S/c1-16(2)12(13(16)15(20)21)14(19)17-10-5-3-6-11(9-10)18-7-4-8-24(18,22)23/h3,5-6,9,12-13H,4,7-8H2,1-2H3,(H,17,19)(H,20,21). The molecule has 8 heteroatoms. The predicted octanol–water partition coefficient (Wildman–Crippen LogP) is 1.52. The van der Waals surface area contributed by atoms with Crippen molar-refractivity contribution in [2.75, 3.05) is 21.9 Å². The molecule has 1 saturated carbocycles. The van der Waals surface area contributed by atoms with Gasteiger partial charge in [-0.2, -0.15) is 0 Å². The molecule has 7 nitrogen and oxygen atoms in total. The third-order valence-electron chi connectivity index (χ3n) is 4.88. The van der Waals surface area contributed by atoms with Crippen molar-refractivity contribution < 1.29 is 23.1 Å². The molecule has 2 atom stereocenters. The molecule has 1 amide bonds. The number of amides is 1. The summed E-state index contributed by atoms with van der Waals surface area (Å²) in [5.41, 5.74) is 0.396. The lowest BCUT2D eigenvalue weighted by Crippen LogP contribution is -2.25. The highest BCUT2D eigenvalue weighted by molar-refractivity contribution is 7.93. The van der Waals surface area contributed by atoms with E-state index in [2.05, 4.69) is 5.32 Å². The van der Waals surface area contributed by atoms with Crippen LogP contribution < -0.4 is 9.62 Å². The maximum atomic E-state index is 12.4. The lowest BCUT2D eigenvalue weighted by Gasteiger charge is -2.18. The topological polar surface area (TPSA) is 104 Å². The average molecular weight is 352 g/mol. The second-order valence-electron chi connectivity index (χ2n) is 6.90. The molecule has 0 aromatic heterocycles. The molecule has 2 aliphatic rings. The minimum Gasteiger partial charge on any atom is -0.481 e. The van der Waals surface area contributed by atoms with Gasteiger partial charge in [0.1, 0.15) is 0 Å². The molecule has 1 aliphatic carbocycles. The molecule has 1 aromatic carbocycles. The number of nitrogens with one attached hydrogen (secondary N) is 1. The van der Waals surface area contributed by atoms with Crippen LogP contribution in [0, 0.1) is 17.3 Å². The third-order valence-corrected chi connectivity index (χ3v) is 6.75. The van der Waals surface area contributed by atoms with Crippen LogP contribution in [0.1, 0.15) is 20.3 Å². The van der Waals surface area contributed by atoms with Gasteiger partial charge in [0.25, 0.3) is 0 Å². The summed E-state index contributed by atoms with van der Waals surface area (Å²) in [5.74, 6) is -2.49. The monoisotopic (exact) mass is 352 g/mol. The Bertz CT molecular complexity index is 802. The maximum absolute atomic E-state index is 12.4. The molecule has 2 N–H and O–H groups in total. The van der Waals surface area contributed by atoms with Gasteiger partial charge >= 0.3 is 5.97 Å². The molecule has 2 unspecified atom stereocenters. The summed E-state index contributed by atoms with van der Waals surface area (Å²) in [6.45, 7) is 3.93. The van der Waals surface area contributed by atoms with Crippen molar-refractivity contribution in [2.45, 2.75) is 20.3 Å². The summed E-state index contributed by atoms with van der Waals surface area (Å²) < 4.78 is 25.3. The first kappa shape index (κ1) is 16.8. The van der Waals surface area contributed by atoms with Crippen LogP contribution in [0.2, 0.25) is 0 Å². The quantitative estimate of drug-likeness (QED) is 0.855. The Kier molecular flexibility index (Phi) is 3.82. The van der Waals surface area contributed by atoms with Crippen LogP contribution >= 0.6 is 0 Å². The van der Waals surface area contributed by atoms with E-state index in [1.54, 1.807) is 38.1 Å². The second-order valence-corrected chi connectivity index (χ2v) is 8.91. The van der Waals surface area contributed by atoms with E-state index in [1.165, 1.54) is 4.31 Å². The van der Waals surface area contributed by atoms with Crippen molar-refractivity contribution in [3.63, 3.8) is 0 Å². The fourth-order valence-corrected chi connectivity index (χ4v) is 5.03. The van der Waals surface area contributed by atoms with Gasteiger partial charge in [0.2, 0.25) is 15.9 Å². The molecule has 3 rings (SSSR count). The molecule has 0 radical (unpaired) electrons. The van der Waals surface area contributed by atoms with Crippen molar-refractivity contribution in [3.8, 4) is 0 Å². The molecule has 1 aliphatic heterocycles. The van der Waals surface area contributed by atoms with Gasteiger partial charge in [0.15, 0.2) is 0 Å². The Morgan fingerprint density at radius 2 is 2.00 bits per heavy atom. The van der Waals surface area contributed by atoms with E-state index >= 15 is 0 Å². The smallest absolute Gasteiger partial charge is 0.307 e. The number of aliphatic carboxylic acids is 1. The van der Waals surface area contributed by atoms with Gasteiger partial charge < -0.3 is 10.4 Å². The number of hydrogen-bond donors (Lipinski definition) is 2. The van der Waals surface area contributed by atoms with Crippen LogP contribution in [0.4, 0.5) is 11.4 Å². The number of anilines is 2. The number of sulfonamides is 1. The number of benzene rings is 1. The van der Waals surface area contributed by atoms with E-state index in [1.807, 2.05) is 0 Å². The van der Waals surface area contributed by atoms with Gasteiger partial charge in [0.05, 0.1) is 23.3 Å². The second kappa shape index (κ2) is 5.47. The maximum Gasteiger partial charge on any atom is 0.307 e. The van der Waals surface area contributed by atoms with Crippen molar-refractivity contribution in [1.82, 2.24) is 0 Å². The zero-order valence-electron chi connectivity index (χ0n) is 13.5. The molecular formula is C16H20N2O5S. The van der Waals surface area contributed by atoms with Gasteiger partial charge in [-0.25, -0.2) is 8.42 Å². The van der Waals surface area contributed by atoms with Crippen LogP contribution in [0.15, 0.2) is 24.3 Å². The highest BCUT2D eigenvalue weighted by atomic mass is 32.2. The number of carbonyl (C=O) groups excluding carboxylic acids is 1. The summed E-state index contributed by atoms with van der Waals surface area (Å²) in [4.78, 5) is 23.5. The molecule has 24 heavy (non-hydrogen) atoms. The van der Waals surface area contributed by atoms with Crippen LogP contribution in [-0.2, 0) is 19.6 Å². The highest BCUT2D eigenvalue weighted by Gasteiger charge is 2.65. The van der Waals surface area contributed by atoms with Crippen LogP contribution in [0.5, 0.6) is 0 Å². The highest BCUT2D eigenvalue weighted by Crippen LogP contribution is 2.58. The first-order valence-electron chi connectivity index (χ1n) is 7.79. The van der Waals surface area contributed by atoms with Crippen molar-refractivity contribution in [2.24, 2.45) is 17.3 Å². The summed E-state index contributed by atoms with van der Waals surface area (Å²) >= 11 is 0. The van der Waals surface area contributed by atoms with Crippen molar-refractivity contribution in [1.29, 1.82) is 0 Å². The zero-order chi connectivity index (χ0) is 17.7. The summed E-state index contributed by atoms with van der Waals surface area (Å²) in [6, 6.07) is 6.62. The van der Waals surface area contributed by atoms with E-state index in [0.29, 0.717) is 24.3 Å². The number of nitrogens with zero attached hydrogens (tertiary/aromatic N) is 1. The van der Waals surface area contributed by atoms with Gasteiger partial charge in [0, 0.05) is 12.2 Å². The number of carboxylic acids is 1. The summed E-state index contributed by atoms with van der Waals surface area (Å²) in [5, 5.41) is 11.9. The van der Waals surface area contributed by atoms with E-state index in [4.69, 9.17) is 5.11 Å². The normalized spacial score (nSPS) is 26.8. The van der Waals surface area contributed by atoms with Crippen LogP contribution in [-0.4, -0.2) is 37.7 Å². The summed E-state index contributed by atoms with van der Waals surface area (Å²) in [7, 11) is -3.29. The Balaban J connectivity index is 1.76. The largest absolute Gasteiger partial charge is 0.481 e. The Morgan fingerprint density at radius 1 is 1.29 bits per heavy atom. The van der Waals surface area contributed by atoms with E-state index in [-0.39, 0.29) is 11.7 Å². The van der Waals surface area contributed by atoms with Gasteiger partial charge in [-0.15, -0.1) is 0 Å². The minimum atomic E-state index is -3.29. The fraction of sp³-hybridized carbons (Fsp3) is 0.500. The lowest BCUT2D eigenvalue weighted by atomic mass is 10.1. The first-order chi connectivity index (χ1) is 11.1. The van der Waals surface area contributed by atoms with E-state index in [9.17, 15) is 18.0 Å². The molecule has 0 spiro atoms. The number of carboxylic acid groups (broad SMARTS) is 1. The Morgan fingerprint density at radius 3 is 2.54 bits per heavy atom. The number of rotatable bonds is 4. The predicted molar refractivity (Wildman–Crippen MR) is 89.2 cm³/mol. The average Bonchev–Trinajstić information content (AvgIpc) is 2.88. The molecule has 1 heterocycles. The molecular weight excluding hydrogens is 332 g/mol. The molecule has 130 valence electrons. The fourth-order valence-electron chi connectivity index (χ4n) is 3.48. The van der Waals surface area contributed by atoms with Gasteiger partial charge in [-0.1, -0.05) is 19.9 Å². The van der Waals surface area contributed by atoms with E-state index < -0.39 is 33.2 Å². The Hall–Kier alpha value is -2.09. The number of carbonyl (C=O) groups is 2. The van der Waals surface area contributed by atoms with Crippen molar-refractivity contribution in [3.05, 3.63) is 24.3 Å².